The number of aryl methyl sites for hydroxylation is 1. The molecule has 0 spiro atoms. The number of anilines is 1. The van der Waals surface area contributed by atoms with Gasteiger partial charge in [-0.2, -0.15) is 0 Å². The first kappa shape index (κ1) is 20.8. The van der Waals surface area contributed by atoms with E-state index >= 15 is 0 Å². The zero-order chi connectivity index (χ0) is 21.4. The monoisotopic (exact) mass is 441 g/mol. The van der Waals surface area contributed by atoms with Crippen LogP contribution in [0.2, 0.25) is 10.0 Å². The molecule has 1 unspecified atom stereocenters. The highest BCUT2D eigenvalue weighted by Gasteiger charge is 2.43. The summed E-state index contributed by atoms with van der Waals surface area (Å²) in [6.45, 7) is 3.69. The average molecular weight is 442 g/mol. The van der Waals surface area contributed by atoms with Crippen molar-refractivity contribution < 1.29 is 9.59 Å². The zero-order valence-electron chi connectivity index (χ0n) is 16.7. The Morgan fingerprint density at radius 2 is 1.93 bits per heavy atom. The summed E-state index contributed by atoms with van der Waals surface area (Å²) in [7, 11) is 0. The molecule has 1 aromatic heterocycles. The largest absolute Gasteiger partial charge is 0.310 e. The van der Waals surface area contributed by atoms with Crippen LogP contribution in [0.15, 0.2) is 52.7 Å². The Labute approximate surface area is 185 Å². The molecule has 30 heavy (non-hydrogen) atoms. The molecule has 2 aliphatic rings. The summed E-state index contributed by atoms with van der Waals surface area (Å²) < 4.78 is 0. The number of aliphatic imine (C=N–C) groups is 1. The van der Waals surface area contributed by atoms with Gasteiger partial charge >= 0.3 is 0 Å². The SMILES string of the molecule is CC1=NC2=C(C(=O)CCC2)[C@H](c2ccc(Cl)cc2Cl)C1C(=O)Nc1cccc(C)n1. The first-order valence-corrected chi connectivity index (χ1v) is 10.6. The number of carbonyl (C=O) groups excluding carboxylic acids is 2. The summed E-state index contributed by atoms with van der Waals surface area (Å²) in [5, 5.41) is 3.82. The number of carbonyl (C=O) groups is 2. The molecule has 1 N–H and O–H groups in total. The van der Waals surface area contributed by atoms with Gasteiger partial charge in [0.1, 0.15) is 5.82 Å². The molecule has 1 aliphatic heterocycles. The Morgan fingerprint density at radius 3 is 2.67 bits per heavy atom. The van der Waals surface area contributed by atoms with Crippen molar-refractivity contribution in [1.29, 1.82) is 0 Å². The number of hydrogen-bond donors (Lipinski definition) is 1. The molecule has 0 bridgehead atoms. The maximum Gasteiger partial charge on any atom is 0.235 e. The van der Waals surface area contributed by atoms with Gasteiger partial charge in [-0.25, -0.2) is 4.98 Å². The second-order valence-corrected chi connectivity index (χ2v) is 8.51. The maximum absolute atomic E-state index is 13.4. The second kappa shape index (κ2) is 8.32. The highest BCUT2D eigenvalue weighted by Crippen LogP contribution is 2.45. The third-order valence-corrected chi connectivity index (χ3v) is 6.12. The van der Waals surface area contributed by atoms with E-state index in [1.807, 2.05) is 26.0 Å². The second-order valence-electron chi connectivity index (χ2n) is 7.66. The molecule has 0 saturated carbocycles. The van der Waals surface area contributed by atoms with E-state index in [0.29, 0.717) is 45.6 Å². The molecule has 154 valence electrons. The van der Waals surface area contributed by atoms with Crippen LogP contribution in [-0.4, -0.2) is 22.4 Å². The van der Waals surface area contributed by atoms with Crippen LogP contribution in [-0.2, 0) is 9.59 Å². The molecule has 0 fully saturated rings. The normalized spacial score (nSPS) is 21.2. The molecule has 0 radical (unpaired) electrons. The van der Waals surface area contributed by atoms with E-state index in [9.17, 15) is 9.59 Å². The van der Waals surface area contributed by atoms with Crippen LogP contribution in [0.3, 0.4) is 0 Å². The molecule has 4 rings (SSSR count). The fourth-order valence-corrected chi connectivity index (χ4v) is 4.78. The Kier molecular flexibility index (Phi) is 5.76. The van der Waals surface area contributed by atoms with Crippen molar-refractivity contribution in [2.75, 3.05) is 5.32 Å². The van der Waals surface area contributed by atoms with Gasteiger partial charge in [0.15, 0.2) is 5.78 Å². The Morgan fingerprint density at radius 1 is 1.13 bits per heavy atom. The third-order valence-electron chi connectivity index (χ3n) is 5.55. The smallest absolute Gasteiger partial charge is 0.235 e. The molecule has 2 atom stereocenters. The van der Waals surface area contributed by atoms with Gasteiger partial charge in [0.2, 0.25) is 5.91 Å². The van der Waals surface area contributed by atoms with E-state index in [1.54, 1.807) is 24.3 Å². The number of Topliss-reactive ketones (excluding diaryl/α,β-unsaturated/α-hetero) is 1. The number of halogens is 2. The lowest BCUT2D eigenvalue weighted by Crippen LogP contribution is -2.39. The molecule has 2 heterocycles. The first-order valence-electron chi connectivity index (χ1n) is 9.86. The molecular formula is C23H21Cl2N3O2. The molecular weight excluding hydrogens is 421 g/mol. The Bertz CT molecular complexity index is 1110. The lowest BCUT2D eigenvalue weighted by molar-refractivity contribution is -0.119. The minimum atomic E-state index is -0.674. The van der Waals surface area contributed by atoms with Crippen LogP contribution >= 0.6 is 23.2 Å². The standard InChI is InChI=1S/C23H21Cl2N3O2/c1-12-5-3-8-19(26-12)28-23(30)20-13(2)27-17-6-4-7-18(29)22(17)21(20)15-10-9-14(24)11-16(15)25/h3,5,8-11,20-21H,4,6-7H2,1-2H3,(H,26,28,30)/t20?,21-/m1/s1. The fraction of sp³-hybridized carbons (Fsp3) is 0.304. The van der Waals surface area contributed by atoms with Crippen LogP contribution in [0.1, 0.15) is 43.4 Å². The van der Waals surface area contributed by atoms with Crippen LogP contribution in [0.25, 0.3) is 0 Å². The van der Waals surface area contributed by atoms with Gasteiger partial charge in [-0.1, -0.05) is 35.3 Å². The predicted octanol–water partition coefficient (Wildman–Crippen LogP) is 5.52. The minimum Gasteiger partial charge on any atom is -0.310 e. The summed E-state index contributed by atoms with van der Waals surface area (Å²) in [4.78, 5) is 35.4. The molecule has 7 heteroatoms. The average Bonchev–Trinajstić information content (AvgIpc) is 2.67. The van der Waals surface area contributed by atoms with E-state index in [2.05, 4.69) is 15.3 Å². The van der Waals surface area contributed by atoms with E-state index in [4.69, 9.17) is 23.2 Å². The predicted molar refractivity (Wildman–Crippen MR) is 119 cm³/mol. The topological polar surface area (TPSA) is 71.4 Å². The number of benzene rings is 1. The molecule has 0 saturated heterocycles. The van der Waals surface area contributed by atoms with Crippen LogP contribution in [0, 0.1) is 12.8 Å². The number of nitrogens with one attached hydrogen (secondary N) is 1. The number of allylic oxidation sites excluding steroid dienone is 2. The van der Waals surface area contributed by atoms with Gasteiger partial charge < -0.3 is 5.32 Å². The van der Waals surface area contributed by atoms with E-state index in [0.717, 1.165) is 17.8 Å². The molecule has 1 aromatic carbocycles. The maximum atomic E-state index is 13.4. The Hall–Kier alpha value is -2.50. The highest BCUT2D eigenvalue weighted by molar-refractivity contribution is 6.35. The van der Waals surface area contributed by atoms with Crippen LogP contribution in [0.5, 0.6) is 0 Å². The lowest BCUT2D eigenvalue weighted by Gasteiger charge is -2.35. The van der Waals surface area contributed by atoms with Crippen molar-refractivity contribution in [2.24, 2.45) is 10.9 Å². The first-order chi connectivity index (χ1) is 14.3. The third kappa shape index (κ3) is 3.92. The van der Waals surface area contributed by atoms with Crippen LogP contribution in [0.4, 0.5) is 5.82 Å². The highest BCUT2D eigenvalue weighted by atomic mass is 35.5. The van der Waals surface area contributed by atoms with Crippen molar-refractivity contribution in [2.45, 2.75) is 39.0 Å². The van der Waals surface area contributed by atoms with E-state index in [-0.39, 0.29) is 11.7 Å². The molecule has 1 amide bonds. The van der Waals surface area contributed by atoms with E-state index < -0.39 is 11.8 Å². The van der Waals surface area contributed by atoms with E-state index in [1.165, 1.54) is 0 Å². The molecule has 5 nitrogen and oxygen atoms in total. The summed E-state index contributed by atoms with van der Waals surface area (Å²) >= 11 is 12.6. The van der Waals surface area contributed by atoms with Crippen LogP contribution < -0.4 is 5.32 Å². The number of pyridine rings is 1. The molecule has 2 aromatic rings. The summed E-state index contributed by atoms with van der Waals surface area (Å²) in [5.41, 5.74) is 3.51. The lowest BCUT2D eigenvalue weighted by atomic mass is 9.71. The number of rotatable bonds is 3. The number of ketones is 1. The van der Waals surface area contributed by atoms with Gasteiger partial charge in [0.05, 0.1) is 5.92 Å². The van der Waals surface area contributed by atoms with Crippen molar-refractivity contribution in [1.82, 2.24) is 4.98 Å². The van der Waals surface area contributed by atoms with Crippen molar-refractivity contribution in [3.05, 3.63) is 69.0 Å². The minimum absolute atomic E-state index is 0.0231. The number of aromatic nitrogens is 1. The quantitative estimate of drug-likeness (QED) is 0.681. The van der Waals surface area contributed by atoms with Gasteiger partial charge in [-0.3, -0.25) is 14.6 Å². The van der Waals surface area contributed by atoms with Gasteiger partial charge in [0.25, 0.3) is 0 Å². The summed E-state index contributed by atoms with van der Waals surface area (Å²) in [5.74, 6) is -0.972. The summed E-state index contributed by atoms with van der Waals surface area (Å²) in [6, 6.07) is 10.6. The summed E-state index contributed by atoms with van der Waals surface area (Å²) in [6.07, 6.45) is 1.93. The molecule has 1 aliphatic carbocycles. The van der Waals surface area contributed by atoms with Crippen molar-refractivity contribution in [3.8, 4) is 0 Å². The number of amides is 1. The van der Waals surface area contributed by atoms with Gasteiger partial charge in [-0.15, -0.1) is 0 Å². The Balaban J connectivity index is 1.81. The van der Waals surface area contributed by atoms with Crippen molar-refractivity contribution >= 4 is 46.4 Å². The van der Waals surface area contributed by atoms with Crippen molar-refractivity contribution in [3.63, 3.8) is 0 Å². The fourth-order valence-electron chi connectivity index (χ4n) is 4.25. The number of nitrogens with zero attached hydrogens (tertiary/aromatic N) is 2. The zero-order valence-corrected chi connectivity index (χ0v) is 18.2. The number of hydrogen-bond acceptors (Lipinski definition) is 4. The van der Waals surface area contributed by atoms with Gasteiger partial charge in [-0.05, 0) is 56.5 Å². The van der Waals surface area contributed by atoms with Gasteiger partial charge in [0, 0.05) is 45.1 Å².